The monoisotopic (exact) mass is 444 g/mol. The molecule has 0 unspecified atom stereocenters. The molecule has 0 saturated heterocycles. The fourth-order valence-corrected chi connectivity index (χ4v) is 3.81. The zero-order valence-corrected chi connectivity index (χ0v) is 17.3. The molecule has 29 heavy (non-hydrogen) atoms. The number of carbonyl (C=O) groups is 1. The van der Waals surface area contributed by atoms with Gasteiger partial charge in [0.2, 0.25) is 4.96 Å². The standard InChI is InChI=1S/C18H13ClN6O2S2/c1-27-14-7-4-11(8-13(14)19)15(26)22-17(28)21-12-5-2-10(3-6-12)16-24-25-9-20-23-18(25)29-16/h2-9H,1H3,(H2,21,22,26,28). The van der Waals surface area contributed by atoms with Crippen molar-refractivity contribution in [2.45, 2.75) is 0 Å². The highest BCUT2D eigenvalue weighted by molar-refractivity contribution is 7.80. The van der Waals surface area contributed by atoms with Gasteiger partial charge in [-0.05, 0) is 54.7 Å². The molecule has 0 spiro atoms. The smallest absolute Gasteiger partial charge is 0.257 e. The van der Waals surface area contributed by atoms with Gasteiger partial charge in [0, 0.05) is 16.8 Å². The molecule has 0 radical (unpaired) electrons. The Bertz CT molecular complexity index is 1180. The zero-order valence-electron chi connectivity index (χ0n) is 14.9. The molecule has 0 aliphatic heterocycles. The van der Waals surface area contributed by atoms with Crippen LogP contribution >= 0.6 is 35.2 Å². The number of nitrogens with zero attached hydrogens (tertiary/aromatic N) is 4. The first kappa shape index (κ1) is 19.2. The molecule has 146 valence electrons. The molecule has 2 aromatic carbocycles. The zero-order chi connectivity index (χ0) is 20.4. The number of rotatable bonds is 4. The summed E-state index contributed by atoms with van der Waals surface area (Å²) in [4.78, 5) is 13.1. The normalized spacial score (nSPS) is 10.7. The largest absolute Gasteiger partial charge is 0.495 e. The summed E-state index contributed by atoms with van der Waals surface area (Å²) in [7, 11) is 1.51. The molecule has 0 bridgehead atoms. The van der Waals surface area contributed by atoms with Gasteiger partial charge in [-0.25, -0.2) is 0 Å². The Morgan fingerprint density at radius 3 is 2.72 bits per heavy atom. The van der Waals surface area contributed by atoms with E-state index in [2.05, 4.69) is 25.9 Å². The number of nitrogens with one attached hydrogen (secondary N) is 2. The number of benzene rings is 2. The summed E-state index contributed by atoms with van der Waals surface area (Å²) in [6, 6.07) is 12.3. The second kappa shape index (κ2) is 8.11. The van der Waals surface area contributed by atoms with E-state index in [-0.39, 0.29) is 11.0 Å². The van der Waals surface area contributed by atoms with Crippen molar-refractivity contribution in [3.63, 3.8) is 0 Å². The van der Waals surface area contributed by atoms with Gasteiger partial charge < -0.3 is 10.1 Å². The van der Waals surface area contributed by atoms with Gasteiger partial charge in [0.1, 0.15) is 17.1 Å². The summed E-state index contributed by atoms with van der Waals surface area (Å²) in [5, 5.41) is 19.1. The summed E-state index contributed by atoms with van der Waals surface area (Å²) in [5.74, 6) is 0.122. The van der Waals surface area contributed by atoms with E-state index < -0.39 is 0 Å². The lowest BCUT2D eigenvalue weighted by Gasteiger charge is -2.11. The summed E-state index contributed by atoms with van der Waals surface area (Å²) in [6.07, 6.45) is 1.56. The van der Waals surface area contributed by atoms with Crippen LogP contribution in [0.25, 0.3) is 15.5 Å². The molecule has 1 amide bonds. The molecule has 0 saturated carbocycles. The highest BCUT2D eigenvalue weighted by Crippen LogP contribution is 2.26. The molecular formula is C18H13ClN6O2S2. The van der Waals surface area contributed by atoms with Crippen LogP contribution in [-0.2, 0) is 0 Å². The first-order chi connectivity index (χ1) is 14.0. The predicted octanol–water partition coefficient (Wildman–Crippen LogP) is 3.64. The van der Waals surface area contributed by atoms with E-state index in [1.165, 1.54) is 24.5 Å². The van der Waals surface area contributed by atoms with Crippen LogP contribution in [0.15, 0.2) is 48.8 Å². The van der Waals surface area contributed by atoms with Crippen LogP contribution in [0.4, 0.5) is 5.69 Å². The van der Waals surface area contributed by atoms with Crippen LogP contribution in [0.5, 0.6) is 5.75 Å². The van der Waals surface area contributed by atoms with Gasteiger partial charge in [-0.1, -0.05) is 22.9 Å². The maximum atomic E-state index is 12.3. The third-order valence-electron chi connectivity index (χ3n) is 3.92. The molecule has 2 heterocycles. The maximum Gasteiger partial charge on any atom is 0.257 e. The van der Waals surface area contributed by atoms with E-state index in [1.54, 1.807) is 23.0 Å². The van der Waals surface area contributed by atoms with Crippen molar-refractivity contribution in [3.05, 3.63) is 59.4 Å². The Morgan fingerprint density at radius 1 is 1.24 bits per heavy atom. The van der Waals surface area contributed by atoms with Crippen molar-refractivity contribution in [2.24, 2.45) is 0 Å². The minimum Gasteiger partial charge on any atom is -0.495 e. The Balaban J connectivity index is 1.39. The molecule has 0 aliphatic carbocycles. The van der Waals surface area contributed by atoms with Crippen LogP contribution in [0.1, 0.15) is 10.4 Å². The Kier molecular flexibility index (Phi) is 5.38. The van der Waals surface area contributed by atoms with E-state index in [0.717, 1.165) is 21.2 Å². The number of aromatic nitrogens is 4. The van der Waals surface area contributed by atoms with Gasteiger partial charge in [-0.2, -0.15) is 9.61 Å². The van der Waals surface area contributed by atoms with Crippen LogP contribution in [-0.4, -0.2) is 37.9 Å². The number of ether oxygens (including phenoxy) is 1. The number of carbonyl (C=O) groups excluding carboxylic acids is 1. The van der Waals surface area contributed by atoms with Crippen LogP contribution in [0.2, 0.25) is 5.02 Å². The van der Waals surface area contributed by atoms with Crippen molar-refractivity contribution < 1.29 is 9.53 Å². The van der Waals surface area contributed by atoms with Crippen molar-refractivity contribution in [3.8, 4) is 16.3 Å². The number of amides is 1. The summed E-state index contributed by atoms with van der Waals surface area (Å²) < 4.78 is 6.71. The van der Waals surface area contributed by atoms with Gasteiger partial charge in [0.05, 0.1) is 12.1 Å². The molecule has 0 aliphatic rings. The van der Waals surface area contributed by atoms with E-state index in [0.29, 0.717) is 16.3 Å². The number of fused-ring (bicyclic) bond motifs is 1. The number of hydrogen-bond acceptors (Lipinski definition) is 7. The van der Waals surface area contributed by atoms with Crippen molar-refractivity contribution >= 4 is 56.8 Å². The van der Waals surface area contributed by atoms with Crippen molar-refractivity contribution in [1.82, 2.24) is 25.1 Å². The predicted molar refractivity (Wildman–Crippen MR) is 116 cm³/mol. The molecule has 4 aromatic rings. The third kappa shape index (κ3) is 4.19. The average molecular weight is 445 g/mol. The molecule has 2 N–H and O–H groups in total. The topological polar surface area (TPSA) is 93.4 Å². The highest BCUT2D eigenvalue weighted by Gasteiger charge is 2.12. The third-order valence-corrected chi connectivity index (χ3v) is 5.38. The highest BCUT2D eigenvalue weighted by atomic mass is 35.5. The van der Waals surface area contributed by atoms with Crippen molar-refractivity contribution in [1.29, 1.82) is 0 Å². The fraction of sp³-hybridized carbons (Fsp3) is 0.0556. The second-order valence-electron chi connectivity index (χ2n) is 5.80. The molecule has 0 atom stereocenters. The lowest BCUT2D eigenvalue weighted by molar-refractivity contribution is 0.0977. The molecule has 2 aromatic heterocycles. The fourth-order valence-electron chi connectivity index (χ4n) is 2.52. The lowest BCUT2D eigenvalue weighted by atomic mass is 10.2. The SMILES string of the molecule is COc1ccc(C(=O)NC(=S)Nc2ccc(-c3nn4cnnc4s3)cc2)cc1Cl. The molecule has 0 fully saturated rings. The first-order valence-electron chi connectivity index (χ1n) is 8.26. The summed E-state index contributed by atoms with van der Waals surface area (Å²) in [5.41, 5.74) is 2.04. The molecular weight excluding hydrogens is 432 g/mol. The lowest BCUT2D eigenvalue weighted by Crippen LogP contribution is -2.34. The summed E-state index contributed by atoms with van der Waals surface area (Å²) in [6.45, 7) is 0. The minimum absolute atomic E-state index is 0.175. The van der Waals surface area contributed by atoms with E-state index in [9.17, 15) is 4.79 Å². The molecule has 8 nitrogen and oxygen atoms in total. The number of methoxy groups -OCH3 is 1. The second-order valence-corrected chi connectivity index (χ2v) is 7.57. The van der Waals surface area contributed by atoms with Gasteiger partial charge >= 0.3 is 0 Å². The molecule has 11 heteroatoms. The minimum atomic E-state index is -0.372. The average Bonchev–Trinajstić information content (AvgIpc) is 3.30. The number of halogens is 1. The van der Waals surface area contributed by atoms with Crippen molar-refractivity contribution in [2.75, 3.05) is 12.4 Å². The van der Waals surface area contributed by atoms with E-state index >= 15 is 0 Å². The Hall–Kier alpha value is -3.08. The van der Waals surface area contributed by atoms with Gasteiger partial charge in [0.25, 0.3) is 5.91 Å². The number of hydrogen-bond donors (Lipinski definition) is 2. The van der Waals surface area contributed by atoms with E-state index in [4.69, 9.17) is 28.6 Å². The van der Waals surface area contributed by atoms with Crippen LogP contribution in [0, 0.1) is 0 Å². The van der Waals surface area contributed by atoms with Crippen LogP contribution < -0.4 is 15.4 Å². The van der Waals surface area contributed by atoms with Gasteiger partial charge in [-0.15, -0.1) is 10.2 Å². The first-order valence-corrected chi connectivity index (χ1v) is 9.87. The Morgan fingerprint density at radius 2 is 2.03 bits per heavy atom. The maximum absolute atomic E-state index is 12.3. The Labute approximate surface area is 179 Å². The van der Waals surface area contributed by atoms with Gasteiger partial charge in [0.15, 0.2) is 5.11 Å². The number of anilines is 1. The summed E-state index contributed by atoms with van der Waals surface area (Å²) >= 11 is 12.7. The number of thiocarbonyl (C=S) groups is 1. The van der Waals surface area contributed by atoms with Crippen LogP contribution in [0.3, 0.4) is 0 Å². The van der Waals surface area contributed by atoms with Gasteiger partial charge in [-0.3, -0.25) is 10.1 Å². The molecule has 4 rings (SSSR count). The van der Waals surface area contributed by atoms with E-state index in [1.807, 2.05) is 24.3 Å². The quantitative estimate of drug-likeness (QED) is 0.464.